The molecule has 10 heteroatoms. The number of aromatic nitrogens is 5. The third kappa shape index (κ3) is 5.21. The largest absolute Gasteiger partial charge is 0.398 e. The Bertz CT molecular complexity index is 1790. The topological polar surface area (TPSA) is 145 Å². The molecule has 0 saturated heterocycles. The lowest BCUT2D eigenvalue weighted by Crippen LogP contribution is -2.28. The van der Waals surface area contributed by atoms with E-state index in [0.29, 0.717) is 56.8 Å². The highest BCUT2D eigenvalue weighted by molar-refractivity contribution is 5.85. The summed E-state index contributed by atoms with van der Waals surface area (Å²) in [7, 11) is 0. The summed E-state index contributed by atoms with van der Waals surface area (Å²) in [6, 6.07) is 15.7. The summed E-state index contributed by atoms with van der Waals surface area (Å²) in [5.41, 5.74) is 7.27. The van der Waals surface area contributed by atoms with Crippen LogP contribution in [0.15, 0.2) is 70.1 Å². The molecule has 5 rings (SSSR count). The second-order valence-electron chi connectivity index (χ2n) is 9.58. The lowest BCUT2D eigenvalue weighted by molar-refractivity contribution is 0.143. The first-order chi connectivity index (χ1) is 18.6. The van der Waals surface area contributed by atoms with Gasteiger partial charge in [0.15, 0.2) is 0 Å². The molecule has 1 atom stereocenters. The van der Waals surface area contributed by atoms with Crippen LogP contribution in [0.4, 0.5) is 11.5 Å². The first-order valence-corrected chi connectivity index (χ1v) is 12.3. The van der Waals surface area contributed by atoms with Gasteiger partial charge in [-0.2, -0.15) is 4.98 Å². The molecule has 2 aromatic carbocycles. The molecule has 0 aliphatic carbocycles. The molecular weight excluding hydrogens is 494 g/mol. The summed E-state index contributed by atoms with van der Waals surface area (Å²) in [6.45, 7) is 6.74. The van der Waals surface area contributed by atoms with Crippen LogP contribution in [-0.2, 0) is 0 Å². The Labute approximate surface area is 224 Å². The second kappa shape index (κ2) is 10.0. The highest BCUT2D eigenvalue weighted by atomic mass is 16.5. The fourth-order valence-electron chi connectivity index (χ4n) is 4.18. The van der Waals surface area contributed by atoms with Crippen molar-refractivity contribution in [3.05, 3.63) is 88.4 Å². The minimum Gasteiger partial charge on any atom is -0.398 e. The molecule has 3 heterocycles. The third-order valence-electron chi connectivity index (χ3n) is 5.92. The van der Waals surface area contributed by atoms with Crippen molar-refractivity contribution in [2.45, 2.75) is 39.3 Å². The lowest BCUT2D eigenvalue weighted by Gasteiger charge is -2.21. The zero-order valence-corrected chi connectivity index (χ0v) is 21.9. The van der Waals surface area contributed by atoms with Crippen molar-refractivity contribution < 1.29 is 9.63 Å². The number of aliphatic hydroxyl groups is 1. The van der Waals surface area contributed by atoms with Gasteiger partial charge < -0.3 is 20.7 Å². The molecule has 5 aromatic rings. The first-order valence-electron chi connectivity index (χ1n) is 12.3. The molecule has 39 heavy (non-hydrogen) atoms. The van der Waals surface area contributed by atoms with E-state index < -0.39 is 11.6 Å². The van der Waals surface area contributed by atoms with Crippen molar-refractivity contribution >= 4 is 22.4 Å². The van der Waals surface area contributed by atoms with Crippen LogP contribution in [0.1, 0.15) is 44.1 Å². The van der Waals surface area contributed by atoms with Crippen LogP contribution < -0.4 is 16.6 Å². The van der Waals surface area contributed by atoms with Gasteiger partial charge in [-0.05, 0) is 51.1 Å². The number of para-hydroxylation sites is 1. The van der Waals surface area contributed by atoms with Crippen LogP contribution >= 0.6 is 0 Å². The van der Waals surface area contributed by atoms with Crippen molar-refractivity contribution in [3.63, 3.8) is 0 Å². The van der Waals surface area contributed by atoms with Crippen LogP contribution in [0.5, 0.6) is 0 Å². The number of aryl methyl sites for hydroxylation is 1. The molecule has 3 aromatic heterocycles. The first kappa shape index (κ1) is 25.6. The summed E-state index contributed by atoms with van der Waals surface area (Å²) in [5, 5.41) is 17.8. The smallest absolute Gasteiger partial charge is 0.267 e. The molecule has 0 amide bonds. The highest BCUT2D eigenvalue weighted by Gasteiger charge is 2.23. The molecule has 0 spiro atoms. The van der Waals surface area contributed by atoms with E-state index in [1.165, 1.54) is 0 Å². The Balaban J connectivity index is 1.69. The average molecular weight is 522 g/mol. The second-order valence-corrected chi connectivity index (χ2v) is 9.58. The van der Waals surface area contributed by atoms with Crippen LogP contribution in [0.2, 0.25) is 0 Å². The van der Waals surface area contributed by atoms with Crippen LogP contribution in [0.25, 0.3) is 28.0 Å². The molecule has 0 radical (unpaired) electrons. The Hall–Kier alpha value is -5.01. The van der Waals surface area contributed by atoms with Gasteiger partial charge in [-0.25, -0.2) is 9.97 Å². The molecule has 10 nitrogen and oxygen atoms in total. The highest BCUT2D eigenvalue weighted by Crippen LogP contribution is 2.32. The average Bonchev–Trinajstić information content (AvgIpc) is 3.32. The zero-order valence-electron chi connectivity index (χ0n) is 21.9. The number of hydrogen-bond acceptors (Lipinski definition) is 9. The van der Waals surface area contributed by atoms with Gasteiger partial charge in [-0.15, -0.1) is 0 Å². The van der Waals surface area contributed by atoms with Crippen molar-refractivity contribution in [2.75, 3.05) is 11.1 Å². The third-order valence-corrected chi connectivity index (χ3v) is 5.92. The van der Waals surface area contributed by atoms with Crippen molar-refractivity contribution in [1.82, 2.24) is 24.7 Å². The minimum absolute atomic E-state index is 0.287. The van der Waals surface area contributed by atoms with E-state index in [9.17, 15) is 9.90 Å². The molecule has 0 bridgehead atoms. The fraction of sp³-hybridized carbons (Fsp3) is 0.207. The van der Waals surface area contributed by atoms with Crippen LogP contribution in [0, 0.1) is 18.8 Å². The maximum absolute atomic E-state index is 14.1. The van der Waals surface area contributed by atoms with Gasteiger partial charge >= 0.3 is 0 Å². The van der Waals surface area contributed by atoms with E-state index in [1.54, 1.807) is 55.8 Å². The van der Waals surface area contributed by atoms with Gasteiger partial charge in [-0.1, -0.05) is 41.3 Å². The number of anilines is 2. The van der Waals surface area contributed by atoms with E-state index in [1.807, 2.05) is 37.3 Å². The van der Waals surface area contributed by atoms with E-state index in [-0.39, 0.29) is 5.56 Å². The molecular formula is C29H27N7O3. The van der Waals surface area contributed by atoms with Crippen molar-refractivity contribution in [1.29, 1.82) is 0 Å². The number of pyridine rings is 1. The predicted octanol–water partition coefficient (Wildman–Crippen LogP) is 4.02. The number of fused-ring (bicyclic) bond motifs is 1. The predicted molar refractivity (Wildman–Crippen MR) is 149 cm³/mol. The monoisotopic (exact) mass is 521 g/mol. The van der Waals surface area contributed by atoms with E-state index in [2.05, 4.69) is 32.3 Å². The summed E-state index contributed by atoms with van der Waals surface area (Å²) in [5.74, 6) is 7.31. The maximum Gasteiger partial charge on any atom is 0.267 e. The Morgan fingerprint density at radius 2 is 1.87 bits per heavy atom. The Kier molecular flexibility index (Phi) is 6.60. The standard InChI is InChI=1S/C29H27N7O3/c1-17(32-25-24(21(30)14-16-31-25)26-33-18(2)39-35-26)27-34-22-12-8-9-19(13-15-29(3,4)38)23(22)28(37)36(27)20-10-6-5-7-11-20/h5-12,14,16-17,38H,1-4H3,(H3,30,31,32)/t17-/m0/s1. The maximum atomic E-state index is 14.1. The number of nitrogens with one attached hydrogen (secondary N) is 1. The van der Waals surface area contributed by atoms with E-state index >= 15 is 0 Å². The molecule has 0 aliphatic rings. The van der Waals surface area contributed by atoms with Gasteiger partial charge in [0, 0.05) is 24.4 Å². The number of nitrogen functional groups attached to an aromatic ring is 1. The fourth-order valence-corrected chi connectivity index (χ4v) is 4.18. The van der Waals surface area contributed by atoms with Crippen LogP contribution in [0.3, 0.4) is 0 Å². The normalized spacial score (nSPS) is 12.1. The van der Waals surface area contributed by atoms with Gasteiger partial charge in [0.2, 0.25) is 11.7 Å². The molecule has 0 fully saturated rings. The molecule has 4 N–H and O–H groups in total. The van der Waals surface area contributed by atoms with Crippen molar-refractivity contribution in [2.24, 2.45) is 0 Å². The number of rotatable bonds is 5. The van der Waals surface area contributed by atoms with Gasteiger partial charge in [0.25, 0.3) is 5.56 Å². The summed E-state index contributed by atoms with van der Waals surface area (Å²) in [4.78, 5) is 27.8. The quantitative estimate of drug-likeness (QED) is 0.292. The number of nitrogens with zero attached hydrogens (tertiary/aromatic N) is 5. The molecule has 0 saturated carbocycles. The Morgan fingerprint density at radius 3 is 2.56 bits per heavy atom. The number of benzene rings is 2. The SMILES string of the molecule is Cc1nc(-c2c(N)ccnc2N[C@@H](C)c2nc3cccc(C#CC(C)(C)O)c3c(=O)n2-c2ccccc2)no1. The molecule has 0 aliphatic heterocycles. The summed E-state index contributed by atoms with van der Waals surface area (Å²) >= 11 is 0. The van der Waals surface area contributed by atoms with Gasteiger partial charge in [-0.3, -0.25) is 9.36 Å². The Morgan fingerprint density at radius 1 is 1.10 bits per heavy atom. The van der Waals surface area contributed by atoms with E-state index in [4.69, 9.17) is 15.2 Å². The van der Waals surface area contributed by atoms with E-state index in [0.717, 1.165) is 0 Å². The summed E-state index contributed by atoms with van der Waals surface area (Å²) in [6.07, 6.45) is 1.58. The van der Waals surface area contributed by atoms with Gasteiger partial charge in [0.05, 0.1) is 28.2 Å². The lowest BCUT2D eigenvalue weighted by atomic mass is 10.1. The molecule has 0 unspecified atom stereocenters. The van der Waals surface area contributed by atoms with Crippen molar-refractivity contribution in [3.8, 4) is 28.9 Å². The molecule has 196 valence electrons. The minimum atomic E-state index is -1.22. The van der Waals surface area contributed by atoms with Gasteiger partial charge in [0.1, 0.15) is 17.2 Å². The summed E-state index contributed by atoms with van der Waals surface area (Å²) < 4.78 is 6.71. The number of nitrogens with two attached hydrogens (primary N) is 1. The zero-order chi connectivity index (χ0) is 27.7. The number of hydrogen-bond donors (Lipinski definition) is 3. The van der Waals surface area contributed by atoms with Crippen LogP contribution in [-0.4, -0.2) is 35.4 Å².